The molecule has 0 heterocycles. The summed E-state index contributed by atoms with van der Waals surface area (Å²) in [7, 11) is 0. The molecular weight excluding hydrogens is 268 g/mol. The minimum absolute atomic E-state index is 0. The van der Waals surface area contributed by atoms with E-state index < -0.39 is 0 Å². The second-order valence-electron chi connectivity index (χ2n) is 2.36. The maximum Gasteiger partial charge on any atom is 0.0329 e. The van der Waals surface area contributed by atoms with Gasteiger partial charge in [0.25, 0.3) is 0 Å². The van der Waals surface area contributed by atoms with Crippen LogP contribution in [0.3, 0.4) is 0 Å². The van der Waals surface area contributed by atoms with Crippen molar-refractivity contribution in [3.8, 4) is 0 Å². The monoisotopic (exact) mass is 278 g/mol. The quantitative estimate of drug-likeness (QED) is 0.467. The van der Waals surface area contributed by atoms with Gasteiger partial charge in [0, 0.05) is 29.5 Å². The topological polar surface area (TPSA) is 0 Å². The molecule has 0 aromatic heterocycles. The average Bonchev–Trinajstić information content (AvgIpc) is 1.92. The van der Waals surface area contributed by atoms with Crippen LogP contribution in [0.1, 0.15) is 25.7 Å². The smallest absolute Gasteiger partial charge is 0.0329 e. The normalized spacial score (nSPS) is 18.7. The fourth-order valence-corrected chi connectivity index (χ4v) is 1.33. The van der Waals surface area contributed by atoms with Crippen LogP contribution in [-0.4, -0.2) is 0 Å². The summed E-state index contributed by atoms with van der Waals surface area (Å²) in [4.78, 5) is 0. The summed E-state index contributed by atoms with van der Waals surface area (Å²) in [6, 6.07) is 0. The Balaban J connectivity index is 0.000001000. The van der Waals surface area contributed by atoms with E-state index in [1.165, 1.54) is 0 Å². The third-order valence-electron chi connectivity index (χ3n) is 1.52. The van der Waals surface area contributed by atoms with Gasteiger partial charge < -0.3 is 0 Å². The first-order valence-electron chi connectivity index (χ1n) is 3.48. The van der Waals surface area contributed by atoms with E-state index in [2.05, 4.69) is 12.2 Å². The maximum atomic E-state index is 5.86. The molecule has 11 heavy (non-hydrogen) atoms. The van der Waals surface area contributed by atoms with Gasteiger partial charge in [0.2, 0.25) is 0 Å². The van der Waals surface area contributed by atoms with E-state index >= 15 is 0 Å². The minimum Gasteiger partial charge on any atom is -0.0882 e. The van der Waals surface area contributed by atoms with Gasteiger partial charge in [-0.1, -0.05) is 35.4 Å². The van der Waals surface area contributed by atoms with Gasteiger partial charge in [0.1, 0.15) is 0 Å². The Labute approximate surface area is 90.4 Å². The summed E-state index contributed by atoms with van der Waals surface area (Å²) in [6.07, 6.45) is 8.16. The van der Waals surface area contributed by atoms with Gasteiger partial charge in [-0.05, 0) is 25.7 Å². The molecular formula is C8H10Cl2Ru. The standard InChI is InChI=1S/C8H10Cl2.Ru/c9-7-5-3-1-2-4-6-8(7)10;/h1-2H,3-6H2;. The largest absolute Gasteiger partial charge is 0.0882 e. The van der Waals surface area contributed by atoms with E-state index in [1.807, 2.05) is 0 Å². The van der Waals surface area contributed by atoms with Crippen molar-refractivity contribution in [3.63, 3.8) is 0 Å². The van der Waals surface area contributed by atoms with Crippen molar-refractivity contribution in [2.24, 2.45) is 0 Å². The number of halogens is 2. The number of hydrogen-bond acceptors (Lipinski definition) is 0. The fourth-order valence-electron chi connectivity index (χ4n) is 0.927. The van der Waals surface area contributed by atoms with Crippen LogP contribution in [0.2, 0.25) is 0 Å². The first kappa shape index (κ1) is 11.7. The number of rotatable bonds is 0. The van der Waals surface area contributed by atoms with Gasteiger partial charge in [0.15, 0.2) is 0 Å². The van der Waals surface area contributed by atoms with Gasteiger partial charge >= 0.3 is 0 Å². The summed E-state index contributed by atoms with van der Waals surface area (Å²) in [5, 5.41) is 1.68. The van der Waals surface area contributed by atoms with Crippen molar-refractivity contribution in [2.45, 2.75) is 25.7 Å². The van der Waals surface area contributed by atoms with Gasteiger partial charge in [-0.2, -0.15) is 0 Å². The zero-order valence-electron chi connectivity index (χ0n) is 6.09. The van der Waals surface area contributed by atoms with E-state index in [0.717, 1.165) is 35.7 Å². The van der Waals surface area contributed by atoms with Crippen molar-refractivity contribution in [1.29, 1.82) is 0 Å². The number of allylic oxidation sites excluding steroid dienone is 4. The molecule has 0 aromatic rings. The first-order valence-corrected chi connectivity index (χ1v) is 4.24. The summed E-state index contributed by atoms with van der Waals surface area (Å²) >= 11 is 11.7. The van der Waals surface area contributed by atoms with E-state index in [1.54, 1.807) is 0 Å². The van der Waals surface area contributed by atoms with Crippen LogP contribution in [0.5, 0.6) is 0 Å². The van der Waals surface area contributed by atoms with Crippen molar-refractivity contribution >= 4 is 23.2 Å². The molecule has 0 atom stereocenters. The zero-order valence-corrected chi connectivity index (χ0v) is 9.34. The molecule has 0 unspecified atom stereocenters. The predicted octanol–water partition coefficient (Wildman–Crippen LogP) is 3.80. The molecule has 1 rings (SSSR count). The van der Waals surface area contributed by atoms with E-state index in [0.29, 0.717) is 0 Å². The maximum absolute atomic E-state index is 5.86. The van der Waals surface area contributed by atoms with E-state index in [9.17, 15) is 0 Å². The third-order valence-corrected chi connectivity index (χ3v) is 2.45. The molecule has 0 fully saturated rings. The SMILES string of the molecule is ClC1=C(Cl)CCC=CCC1.[Ru]. The van der Waals surface area contributed by atoms with Gasteiger partial charge in [0.05, 0.1) is 0 Å². The van der Waals surface area contributed by atoms with Crippen LogP contribution < -0.4 is 0 Å². The van der Waals surface area contributed by atoms with Crippen LogP contribution in [0.15, 0.2) is 22.2 Å². The second-order valence-corrected chi connectivity index (χ2v) is 3.27. The van der Waals surface area contributed by atoms with Crippen molar-refractivity contribution in [2.75, 3.05) is 0 Å². The van der Waals surface area contributed by atoms with Crippen LogP contribution in [-0.2, 0) is 19.5 Å². The van der Waals surface area contributed by atoms with E-state index in [-0.39, 0.29) is 19.5 Å². The molecule has 0 N–H and O–H groups in total. The minimum atomic E-state index is 0. The zero-order chi connectivity index (χ0) is 7.40. The third kappa shape index (κ3) is 4.30. The Bertz CT molecular complexity index is 155. The van der Waals surface area contributed by atoms with Crippen LogP contribution in [0.25, 0.3) is 0 Å². The Morgan fingerprint density at radius 3 is 1.64 bits per heavy atom. The average molecular weight is 278 g/mol. The molecule has 0 radical (unpaired) electrons. The molecule has 3 heteroatoms. The van der Waals surface area contributed by atoms with E-state index in [4.69, 9.17) is 23.2 Å². The molecule has 0 saturated heterocycles. The molecule has 0 amide bonds. The Kier molecular flexibility index (Phi) is 6.61. The molecule has 1 aliphatic rings. The first-order chi connectivity index (χ1) is 4.80. The summed E-state index contributed by atoms with van der Waals surface area (Å²) in [6.45, 7) is 0. The van der Waals surface area contributed by atoms with Gasteiger partial charge in [-0.3, -0.25) is 0 Å². The van der Waals surface area contributed by atoms with Crippen LogP contribution in [0, 0.1) is 0 Å². The van der Waals surface area contributed by atoms with Crippen LogP contribution in [0.4, 0.5) is 0 Å². The fraction of sp³-hybridized carbons (Fsp3) is 0.500. The Morgan fingerprint density at radius 2 is 1.27 bits per heavy atom. The molecule has 0 aliphatic heterocycles. The summed E-state index contributed by atoms with van der Waals surface area (Å²) in [5.41, 5.74) is 0. The van der Waals surface area contributed by atoms with Crippen LogP contribution >= 0.6 is 23.2 Å². The predicted molar refractivity (Wildman–Crippen MR) is 46.3 cm³/mol. The Morgan fingerprint density at radius 1 is 0.909 bits per heavy atom. The molecule has 1 aliphatic carbocycles. The van der Waals surface area contributed by atoms with Gasteiger partial charge in [-0.15, -0.1) is 0 Å². The summed E-state index contributed by atoms with van der Waals surface area (Å²) < 4.78 is 0. The molecule has 64 valence electrons. The second kappa shape index (κ2) is 6.23. The summed E-state index contributed by atoms with van der Waals surface area (Å²) in [5.74, 6) is 0. The molecule has 0 saturated carbocycles. The molecule has 0 bridgehead atoms. The van der Waals surface area contributed by atoms with Gasteiger partial charge in [-0.25, -0.2) is 0 Å². The Hall–Kier alpha value is 0.683. The van der Waals surface area contributed by atoms with Crippen molar-refractivity contribution in [1.82, 2.24) is 0 Å². The molecule has 0 spiro atoms. The van der Waals surface area contributed by atoms with Crippen molar-refractivity contribution in [3.05, 3.63) is 22.2 Å². The molecule has 0 aromatic carbocycles. The molecule has 0 nitrogen and oxygen atoms in total. The van der Waals surface area contributed by atoms with Crippen molar-refractivity contribution < 1.29 is 19.5 Å². The number of hydrogen-bond donors (Lipinski definition) is 0.